The van der Waals surface area contributed by atoms with Crippen molar-refractivity contribution in [2.75, 3.05) is 26.8 Å². The number of nitrogens with zero attached hydrogens (tertiary/aromatic N) is 4. The van der Waals surface area contributed by atoms with Gasteiger partial charge in [-0.2, -0.15) is 26.3 Å². The standard InChI is InChI=1S/C29H34F6N6O/c1-38-17-36-37-26(38)25(19-5-2-6-19)20-7-3-9-22(12-20)40-16-24-23(29(33,34)35)11-18(14-41(24)27(40)42)13-39-10-4-8-21(15-39)28(30,31)32/h3,7,9,11-12,14,16,19,21,25-26,36-37H,2,4-6,8,10,13,15,17H2,1H3/t21-,25-,26?/m1/s1. The average molecular weight is 597 g/mol. The third-order valence-corrected chi connectivity index (χ3v) is 9.09. The molecular formula is C29H34F6N6O. The second-order valence-electron chi connectivity index (χ2n) is 11.9. The van der Waals surface area contributed by atoms with Gasteiger partial charge in [-0.1, -0.05) is 18.6 Å². The smallest absolute Gasteiger partial charge is 0.298 e. The maximum atomic E-state index is 14.2. The van der Waals surface area contributed by atoms with Crippen LogP contribution < -0.4 is 16.5 Å². The zero-order chi connectivity index (χ0) is 29.8. The Hall–Kier alpha value is -2.87. The van der Waals surface area contributed by atoms with E-state index in [1.807, 2.05) is 25.2 Å². The van der Waals surface area contributed by atoms with Crippen molar-refractivity contribution in [2.45, 2.75) is 63.1 Å². The number of hydrogen-bond donors (Lipinski definition) is 2. The van der Waals surface area contributed by atoms with E-state index in [0.717, 1.165) is 35.3 Å². The van der Waals surface area contributed by atoms with Crippen molar-refractivity contribution >= 4 is 5.52 Å². The van der Waals surface area contributed by atoms with Gasteiger partial charge in [0.15, 0.2) is 0 Å². The van der Waals surface area contributed by atoms with Crippen molar-refractivity contribution < 1.29 is 26.3 Å². The summed E-state index contributed by atoms with van der Waals surface area (Å²) in [6.45, 7) is 0.623. The summed E-state index contributed by atoms with van der Waals surface area (Å²) in [4.78, 5) is 17.3. The van der Waals surface area contributed by atoms with Crippen molar-refractivity contribution in [3.05, 3.63) is 69.9 Å². The Balaban J connectivity index is 1.37. The molecule has 3 atom stereocenters. The Morgan fingerprint density at radius 2 is 1.81 bits per heavy atom. The van der Waals surface area contributed by atoms with Gasteiger partial charge in [0.2, 0.25) is 0 Å². The van der Waals surface area contributed by atoms with E-state index in [9.17, 15) is 31.1 Å². The molecule has 2 aromatic heterocycles. The fraction of sp³-hybridized carbons (Fsp3) is 0.552. The molecule has 0 amide bonds. The van der Waals surface area contributed by atoms with E-state index in [-0.39, 0.29) is 42.7 Å². The number of halogens is 6. The molecule has 228 valence electrons. The number of nitrogens with one attached hydrogen (secondary N) is 2. The lowest BCUT2D eigenvalue weighted by atomic mass is 9.71. The number of likely N-dealkylation sites (tertiary alicyclic amines) is 1. The van der Waals surface area contributed by atoms with Crippen molar-refractivity contribution in [1.29, 1.82) is 0 Å². The molecule has 42 heavy (non-hydrogen) atoms. The number of hydrazine groups is 1. The minimum Gasteiger partial charge on any atom is -0.298 e. The molecule has 0 radical (unpaired) electrons. The molecule has 1 saturated carbocycles. The summed E-state index contributed by atoms with van der Waals surface area (Å²) in [6.07, 6.45) is -2.97. The summed E-state index contributed by atoms with van der Waals surface area (Å²) < 4.78 is 84.9. The van der Waals surface area contributed by atoms with Crippen LogP contribution in [0.4, 0.5) is 26.3 Å². The number of benzene rings is 1. The summed E-state index contributed by atoms with van der Waals surface area (Å²) in [5, 5.41) is 0. The molecule has 7 nitrogen and oxygen atoms in total. The number of imidazole rings is 1. The second kappa shape index (κ2) is 11.0. The molecule has 6 rings (SSSR count). The Morgan fingerprint density at radius 3 is 2.45 bits per heavy atom. The van der Waals surface area contributed by atoms with Gasteiger partial charge in [0.1, 0.15) is 0 Å². The predicted molar refractivity (Wildman–Crippen MR) is 145 cm³/mol. The zero-order valence-electron chi connectivity index (χ0n) is 23.2. The summed E-state index contributed by atoms with van der Waals surface area (Å²) in [7, 11) is 2.02. The van der Waals surface area contributed by atoms with Crippen LogP contribution in [0, 0.1) is 11.8 Å². The van der Waals surface area contributed by atoms with E-state index in [2.05, 4.69) is 15.8 Å². The van der Waals surface area contributed by atoms with E-state index in [1.54, 1.807) is 6.07 Å². The van der Waals surface area contributed by atoms with Gasteiger partial charge < -0.3 is 0 Å². The van der Waals surface area contributed by atoms with Crippen LogP contribution in [0.15, 0.2) is 47.5 Å². The highest BCUT2D eigenvalue weighted by molar-refractivity contribution is 5.58. The molecule has 2 N–H and O–H groups in total. The summed E-state index contributed by atoms with van der Waals surface area (Å²) >= 11 is 0. The lowest BCUT2D eigenvalue weighted by Crippen LogP contribution is -2.44. The van der Waals surface area contributed by atoms with Gasteiger partial charge in [-0.15, -0.1) is 0 Å². The number of pyridine rings is 1. The van der Waals surface area contributed by atoms with E-state index in [4.69, 9.17) is 0 Å². The van der Waals surface area contributed by atoms with Gasteiger partial charge in [0.25, 0.3) is 0 Å². The molecule has 1 unspecified atom stereocenters. The number of likely N-dealkylation sites (N-methyl/N-ethyl adjacent to an activating group) is 1. The highest BCUT2D eigenvalue weighted by Gasteiger charge is 2.42. The van der Waals surface area contributed by atoms with E-state index >= 15 is 0 Å². The first-order chi connectivity index (χ1) is 19.9. The molecule has 1 aliphatic carbocycles. The third kappa shape index (κ3) is 5.59. The van der Waals surface area contributed by atoms with Gasteiger partial charge >= 0.3 is 18.0 Å². The zero-order valence-corrected chi connectivity index (χ0v) is 23.2. The van der Waals surface area contributed by atoms with Crippen LogP contribution in [0.5, 0.6) is 0 Å². The minimum atomic E-state index is -4.76. The number of piperidine rings is 1. The van der Waals surface area contributed by atoms with Crippen molar-refractivity contribution in [1.82, 2.24) is 29.6 Å². The molecule has 3 aliphatic rings. The molecular weight excluding hydrogens is 562 g/mol. The number of rotatable bonds is 6. The first kappa shape index (κ1) is 29.2. The molecule has 3 aromatic rings. The fourth-order valence-electron chi connectivity index (χ4n) is 6.71. The number of hydrogen-bond acceptors (Lipinski definition) is 5. The second-order valence-corrected chi connectivity index (χ2v) is 11.9. The van der Waals surface area contributed by atoms with Crippen LogP contribution in [0.25, 0.3) is 11.2 Å². The van der Waals surface area contributed by atoms with E-state index in [1.165, 1.54) is 21.9 Å². The van der Waals surface area contributed by atoms with Crippen molar-refractivity contribution in [2.24, 2.45) is 11.8 Å². The number of fused-ring (bicyclic) bond motifs is 1. The van der Waals surface area contributed by atoms with Gasteiger partial charge in [-0.05, 0) is 74.5 Å². The molecule has 4 heterocycles. The van der Waals surface area contributed by atoms with Crippen LogP contribution in [-0.4, -0.2) is 57.9 Å². The molecule has 2 aliphatic heterocycles. The maximum absolute atomic E-state index is 14.2. The number of aromatic nitrogens is 2. The SMILES string of the molecule is CN1CNNC1[C@@H](c1cccc(-n2cc3c(C(F)(F)F)cc(CN4CCC[C@@H](C(F)(F)F)C4)cn3c2=O)c1)C1CCC1. The van der Waals surface area contributed by atoms with E-state index in [0.29, 0.717) is 31.2 Å². The monoisotopic (exact) mass is 596 g/mol. The minimum absolute atomic E-state index is 0.000574. The van der Waals surface area contributed by atoms with Gasteiger partial charge in [0, 0.05) is 31.4 Å². The first-order valence-electron chi connectivity index (χ1n) is 14.3. The van der Waals surface area contributed by atoms with Gasteiger partial charge in [-0.25, -0.2) is 15.6 Å². The molecule has 2 saturated heterocycles. The highest BCUT2D eigenvalue weighted by atomic mass is 19.4. The molecule has 13 heteroatoms. The van der Waals surface area contributed by atoms with Gasteiger partial charge in [0.05, 0.1) is 35.5 Å². The topological polar surface area (TPSA) is 56.9 Å². The van der Waals surface area contributed by atoms with E-state index < -0.39 is 29.5 Å². The normalized spacial score (nSPS) is 23.9. The summed E-state index contributed by atoms with van der Waals surface area (Å²) in [5.74, 6) is -0.961. The lowest BCUT2D eigenvalue weighted by Gasteiger charge is -2.39. The maximum Gasteiger partial charge on any atom is 0.418 e. The van der Waals surface area contributed by atoms with Crippen LogP contribution >= 0.6 is 0 Å². The fourth-order valence-corrected chi connectivity index (χ4v) is 6.71. The van der Waals surface area contributed by atoms with Crippen LogP contribution in [0.2, 0.25) is 0 Å². The van der Waals surface area contributed by atoms with Crippen LogP contribution in [0.3, 0.4) is 0 Å². The Kier molecular flexibility index (Phi) is 7.65. The lowest BCUT2D eigenvalue weighted by molar-refractivity contribution is -0.187. The quantitative estimate of drug-likeness (QED) is 0.389. The molecule has 1 aromatic carbocycles. The Labute approximate surface area is 239 Å². The average Bonchev–Trinajstić information content (AvgIpc) is 3.47. The molecule has 0 bridgehead atoms. The van der Waals surface area contributed by atoms with Crippen molar-refractivity contribution in [3.8, 4) is 5.69 Å². The van der Waals surface area contributed by atoms with Crippen molar-refractivity contribution in [3.63, 3.8) is 0 Å². The summed E-state index contributed by atoms with van der Waals surface area (Å²) in [5.41, 5.74) is 6.12. The Morgan fingerprint density at radius 1 is 1.02 bits per heavy atom. The van der Waals surface area contributed by atoms with Crippen LogP contribution in [-0.2, 0) is 12.7 Å². The number of alkyl halides is 6. The summed E-state index contributed by atoms with van der Waals surface area (Å²) in [6, 6.07) is 8.33. The Bertz CT molecular complexity index is 1490. The largest absolute Gasteiger partial charge is 0.418 e. The third-order valence-electron chi connectivity index (χ3n) is 9.09. The molecule has 3 fully saturated rings. The van der Waals surface area contributed by atoms with Crippen LogP contribution in [0.1, 0.15) is 54.7 Å². The predicted octanol–water partition coefficient (Wildman–Crippen LogP) is 5.09. The molecule has 0 spiro atoms. The highest BCUT2D eigenvalue weighted by Crippen LogP contribution is 2.43. The van der Waals surface area contributed by atoms with Gasteiger partial charge in [-0.3, -0.25) is 18.8 Å². The first-order valence-corrected chi connectivity index (χ1v) is 14.3.